The van der Waals surface area contributed by atoms with Crippen molar-refractivity contribution < 1.29 is 14.3 Å². The SMILES string of the molecule is CC(=O)c1ccc(OCCCC(=O)NCc2nnc3n2CCCCC3)cc1. The first-order chi connectivity index (χ1) is 13.1. The summed E-state index contributed by atoms with van der Waals surface area (Å²) in [4.78, 5) is 23.3. The van der Waals surface area contributed by atoms with Gasteiger partial charge in [-0.2, -0.15) is 0 Å². The van der Waals surface area contributed by atoms with Crippen molar-refractivity contribution >= 4 is 11.7 Å². The van der Waals surface area contributed by atoms with Crippen molar-refractivity contribution in [3.8, 4) is 5.75 Å². The minimum absolute atomic E-state index is 0.0171. The van der Waals surface area contributed by atoms with E-state index in [2.05, 4.69) is 20.1 Å². The fourth-order valence-corrected chi connectivity index (χ4v) is 3.15. The molecule has 0 unspecified atom stereocenters. The van der Waals surface area contributed by atoms with Crippen molar-refractivity contribution in [1.29, 1.82) is 0 Å². The number of Topliss-reactive ketones (excluding diaryl/α,β-unsaturated/α-hetero) is 1. The molecule has 1 aromatic heterocycles. The Hall–Kier alpha value is -2.70. The molecule has 2 aromatic rings. The third-order valence-electron chi connectivity index (χ3n) is 4.71. The summed E-state index contributed by atoms with van der Waals surface area (Å²) in [6.45, 7) is 3.33. The molecule has 0 saturated heterocycles. The maximum Gasteiger partial charge on any atom is 0.220 e. The zero-order valence-corrected chi connectivity index (χ0v) is 15.7. The highest BCUT2D eigenvalue weighted by Gasteiger charge is 2.15. The molecule has 1 amide bonds. The summed E-state index contributed by atoms with van der Waals surface area (Å²) in [6, 6.07) is 7.03. The maximum absolute atomic E-state index is 12.0. The third kappa shape index (κ3) is 5.39. The lowest BCUT2D eigenvalue weighted by atomic mass is 10.1. The maximum atomic E-state index is 12.0. The monoisotopic (exact) mass is 370 g/mol. The van der Waals surface area contributed by atoms with E-state index in [0.717, 1.165) is 37.5 Å². The first-order valence-corrected chi connectivity index (χ1v) is 9.55. The second-order valence-electron chi connectivity index (χ2n) is 6.80. The van der Waals surface area contributed by atoms with Gasteiger partial charge in [0.25, 0.3) is 0 Å². The normalized spacial score (nSPS) is 13.5. The summed E-state index contributed by atoms with van der Waals surface area (Å²) in [5.74, 6) is 2.58. The van der Waals surface area contributed by atoms with Gasteiger partial charge in [0.2, 0.25) is 5.91 Å². The Morgan fingerprint density at radius 3 is 2.74 bits per heavy atom. The van der Waals surface area contributed by atoms with Crippen LogP contribution in [0.4, 0.5) is 0 Å². The number of hydrogen-bond donors (Lipinski definition) is 1. The summed E-state index contributed by atoms with van der Waals surface area (Å²) >= 11 is 0. The zero-order valence-electron chi connectivity index (χ0n) is 15.7. The molecule has 27 heavy (non-hydrogen) atoms. The summed E-state index contributed by atoms with van der Waals surface area (Å²) in [6.07, 6.45) is 5.49. The molecule has 1 aliphatic rings. The molecule has 1 N–H and O–H groups in total. The first-order valence-electron chi connectivity index (χ1n) is 9.55. The van der Waals surface area contributed by atoms with Crippen LogP contribution in [0.5, 0.6) is 5.75 Å². The van der Waals surface area contributed by atoms with E-state index in [0.29, 0.717) is 37.3 Å². The van der Waals surface area contributed by atoms with E-state index in [1.807, 2.05) is 0 Å². The predicted octanol–water partition coefficient (Wildman–Crippen LogP) is 2.68. The Balaban J connectivity index is 1.36. The molecular formula is C20H26N4O3. The number of carbonyl (C=O) groups excluding carboxylic acids is 2. The van der Waals surface area contributed by atoms with Crippen molar-refractivity contribution in [2.75, 3.05) is 6.61 Å². The van der Waals surface area contributed by atoms with Crippen LogP contribution in [-0.2, 0) is 24.3 Å². The van der Waals surface area contributed by atoms with Crippen LogP contribution in [0, 0.1) is 0 Å². The fourth-order valence-electron chi connectivity index (χ4n) is 3.15. The average Bonchev–Trinajstić information content (AvgIpc) is 2.90. The van der Waals surface area contributed by atoms with Gasteiger partial charge in [-0.25, -0.2) is 0 Å². The minimum Gasteiger partial charge on any atom is -0.494 e. The molecule has 1 aliphatic heterocycles. The van der Waals surface area contributed by atoms with Crippen LogP contribution in [0.1, 0.15) is 61.0 Å². The standard InChI is InChI=1S/C20H26N4O3/c1-15(25)16-8-10-17(11-9-16)27-13-5-7-20(26)21-14-19-23-22-18-6-3-2-4-12-24(18)19/h8-11H,2-7,12-14H2,1H3,(H,21,26). The van der Waals surface area contributed by atoms with Crippen LogP contribution < -0.4 is 10.1 Å². The zero-order chi connectivity index (χ0) is 19.1. The number of fused-ring (bicyclic) bond motifs is 1. The van der Waals surface area contributed by atoms with Crippen molar-refractivity contribution in [2.24, 2.45) is 0 Å². The predicted molar refractivity (Wildman–Crippen MR) is 101 cm³/mol. The number of ether oxygens (including phenoxy) is 1. The number of hydrogen-bond acceptors (Lipinski definition) is 5. The van der Waals surface area contributed by atoms with Gasteiger partial charge in [0, 0.05) is 24.9 Å². The quantitative estimate of drug-likeness (QED) is 0.570. The van der Waals surface area contributed by atoms with Gasteiger partial charge in [0.15, 0.2) is 11.6 Å². The smallest absolute Gasteiger partial charge is 0.220 e. The van der Waals surface area contributed by atoms with E-state index in [-0.39, 0.29) is 11.7 Å². The number of aryl methyl sites for hydroxylation is 1. The molecule has 0 atom stereocenters. The highest BCUT2D eigenvalue weighted by atomic mass is 16.5. The van der Waals surface area contributed by atoms with Crippen molar-refractivity contribution in [3.63, 3.8) is 0 Å². The van der Waals surface area contributed by atoms with E-state index >= 15 is 0 Å². The molecule has 0 bridgehead atoms. The summed E-state index contributed by atoms with van der Waals surface area (Å²) in [5, 5.41) is 11.4. The van der Waals surface area contributed by atoms with Gasteiger partial charge in [-0.1, -0.05) is 6.42 Å². The van der Waals surface area contributed by atoms with Gasteiger partial charge in [-0.3, -0.25) is 9.59 Å². The fraction of sp³-hybridized carbons (Fsp3) is 0.500. The number of benzene rings is 1. The van der Waals surface area contributed by atoms with Crippen LogP contribution in [0.15, 0.2) is 24.3 Å². The number of aromatic nitrogens is 3. The summed E-state index contributed by atoms with van der Waals surface area (Å²) < 4.78 is 7.75. The Kier molecular flexibility index (Phi) is 6.57. The molecule has 0 fully saturated rings. The number of rotatable bonds is 8. The van der Waals surface area contributed by atoms with Crippen LogP contribution in [0.3, 0.4) is 0 Å². The molecule has 0 aliphatic carbocycles. The molecule has 144 valence electrons. The van der Waals surface area contributed by atoms with Crippen LogP contribution in [0.25, 0.3) is 0 Å². The van der Waals surface area contributed by atoms with Gasteiger partial charge in [0.05, 0.1) is 13.2 Å². The first kappa shape index (κ1) is 19.1. The Morgan fingerprint density at radius 2 is 1.96 bits per heavy atom. The molecule has 7 heteroatoms. The van der Waals surface area contributed by atoms with E-state index in [1.54, 1.807) is 24.3 Å². The number of ketones is 1. The molecular weight excluding hydrogens is 344 g/mol. The molecule has 0 spiro atoms. The summed E-state index contributed by atoms with van der Waals surface area (Å²) in [7, 11) is 0. The Morgan fingerprint density at radius 1 is 1.15 bits per heavy atom. The van der Waals surface area contributed by atoms with Crippen LogP contribution >= 0.6 is 0 Å². The molecule has 7 nitrogen and oxygen atoms in total. The lowest BCUT2D eigenvalue weighted by Crippen LogP contribution is -2.25. The van der Waals surface area contributed by atoms with Crippen molar-refractivity contribution in [2.45, 2.75) is 58.5 Å². The van der Waals surface area contributed by atoms with Gasteiger partial charge >= 0.3 is 0 Å². The van der Waals surface area contributed by atoms with E-state index in [1.165, 1.54) is 13.3 Å². The lowest BCUT2D eigenvalue weighted by molar-refractivity contribution is -0.121. The van der Waals surface area contributed by atoms with Gasteiger partial charge in [0.1, 0.15) is 11.6 Å². The highest BCUT2D eigenvalue weighted by molar-refractivity contribution is 5.94. The minimum atomic E-state index is -0.0171. The van der Waals surface area contributed by atoms with E-state index < -0.39 is 0 Å². The second kappa shape index (κ2) is 9.30. The van der Waals surface area contributed by atoms with Crippen molar-refractivity contribution in [1.82, 2.24) is 20.1 Å². The average molecular weight is 370 g/mol. The largest absolute Gasteiger partial charge is 0.494 e. The Bertz CT molecular complexity index is 783. The van der Waals surface area contributed by atoms with Crippen LogP contribution in [-0.4, -0.2) is 33.1 Å². The lowest BCUT2D eigenvalue weighted by Gasteiger charge is -2.09. The van der Waals surface area contributed by atoms with Gasteiger partial charge in [-0.05, 0) is 50.5 Å². The molecule has 1 aromatic carbocycles. The van der Waals surface area contributed by atoms with E-state index in [4.69, 9.17) is 4.74 Å². The summed E-state index contributed by atoms with van der Waals surface area (Å²) in [5.41, 5.74) is 0.660. The Labute approximate surface area is 159 Å². The molecule has 2 heterocycles. The van der Waals surface area contributed by atoms with Gasteiger partial charge < -0.3 is 14.6 Å². The number of nitrogens with zero attached hydrogens (tertiary/aromatic N) is 3. The van der Waals surface area contributed by atoms with Crippen LogP contribution in [0.2, 0.25) is 0 Å². The molecule has 3 rings (SSSR count). The molecule has 0 radical (unpaired) electrons. The second-order valence-corrected chi connectivity index (χ2v) is 6.80. The highest BCUT2D eigenvalue weighted by Crippen LogP contribution is 2.15. The number of nitrogens with one attached hydrogen (secondary N) is 1. The van der Waals surface area contributed by atoms with Gasteiger partial charge in [-0.15, -0.1) is 10.2 Å². The van der Waals surface area contributed by atoms with Crippen molar-refractivity contribution in [3.05, 3.63) is 41.5 Å². The number of carbonyl (C=O) groups is 2. The molecule has 0 saturated carbocycles. The topological polar surface area (TPSA) is 86.1 Å². The number of amides is 1. The third-order valence-corrected chi connectivity index (χ3v) is 4.71. The van der Waals surface area contributed by atoms with E-state index in [9.17, 15) is 9.59 Å².